The molecule has 0 unspecified atom stereocenters. The SMILES string of the molecule is CCCc1n[nH]c(=S)n1NCc1ccccc1OCC. The molecule has 0 bridgehead atoms. The largest absolute Gasteiger partial charge is 0.494 e. The molecule has 6 heteroatoms. The number of aromatic nitrogens is 3. The number of hydrogen-bond donors (Lipinski definition) is 2. The topological polar surface area (TPSA) is 54.9 Å². The third kappa shape index (κ3) is 3.39. The van der Waals surface area contributed by atoms with Gasteiger partial charge in [-0.1, -0.05) is 25.1 Å². The lowest BCUT2D eigenvalue weighted by atomic mass is 10.2. The summed E-state index contributed by atoms with van der Waals surface area (Å²) in [6, 6.07) is 7.99. The van der Waals surface area contributed by atoms with Crippen LogP contribution in [0.25, 0.3) is 0 Å². The van der Waals surface area contributed by atoms with Gasteiger partial charge in [-0.2, -0.15) is 5.10 Å². The minimum absolute atomic E-state index is 0.586. The lowest BCUT2D eigenvalue weighted by Crippen LogP contribution is -2.18. The third-order valence-corrected chi connectivity index (χ3v) is 3.19. The molecule has 0 radical (unpaired) electrons. The van der Waals surface area contributed by atoms with Crippen molar-refractivity contribution < 1.29 is 4.74 Å². The van der Waals surface area contributed by atoms with Crippen LogP contribution >= 0.6 is 12.2 Å². The summed E-state index contributed by atoms with van der Waals surface area (Å²) in [4.78, 5) is 0. The van der Waals surface area contributed by atoms with Crippen LogP contribution in [0.3, 0.4) is 0 Å². The maximum absolute atomic E-state index is 5.62. The second-order valence-electron chi connectivity index (χ2n) is 4.41. The average molecular weight is 292 g/mol. The van der Waals surface area contributed by atoms with Crippen LogP contribution in [0.2, 0.25) is 0 Å². The Morgan fingerprint density at radius 2 is 2.15 bits per heavy atom. The molecule has 1 aromatic heterocycles. The Morgan fingerprint density at radius 3 is 2.90 bits per heavy atom. The molecule has 0 amide bonds. The molecule has 1 aromatic carbocycles. The van der Waals surface area contributed by atoms with Crippen molar-refractivity contribution in [3.8, 4) is 5.75 Å². The first-order chi connectivity index (χ1) is 9.76. The molecule has 20 heavy (non-hydrogen) atoms. The van der Waals surface area contributed by atoms with Crippen LogP contribution in [0, 0.1) is 4.77 Å². The number of nitrogens with zero attached hydrogens (tertiary/aromatic N) is 2. The summed E-state index contributed by atoms with van der Waals surface area (Å²) in [7, 11) is 0. The second kappa shape index (κ2) is 7.09. The van der Waals surface area contributed by atoms with Crippen molar-refractivity contribution in [3.63, 3.8) is 0 Å². The van der Waals surface area contributed by atoms with E-state index >= 15 is 0 Å². The van der Waals surface area contributed by atoms with Gasteiger partial charge in [0, 0.05) is 12.0 Å². The molecule has 0 atom stereocenters. The summed E-state index contributed by atoms with van der Waals surface area (Å²) in [5.74, 6) is 1.82. The average Bonchev–Trinajstić information content (AvgIpc) is 2.80. The van der Waals surface area contributed by atoms with Gasteiger partial charge in [-0.15, -0.1) is 0 Å². The first-order valence-electron chi connectivity index (χ1n) is 6.87. The molecule has 0 aliphatic heterocycles. The second-order valence-corrected chi connectivity index (χ2v) is 4.79. The Kier molecular flexibility index (Phi) is 5.17. The zero-order valence-corrected chi connectivity index (χ0v) is 12.7. The fraction of sp³-hybridized carbons (Fsp3) is 0.429. The molecule has 0 aliphatic rings. The van der Waals surface area contributed by atoms with E-state index in [9.17, 15) is 0 Å². The Bertz CT molecular complexity index is 605. The highest BCUT2D eigenvalue weighted by Crippen LogP contribution is 2.18. The van der Waals surface area contributed by atoms with Gasteiger partial charge in [0.25, 0.3) is 0 Å². The molecule has 2 N–H and O–H groups in total. The van der Waals surface area contributed by atoms with Crippen LogP contribution in [-0.2, 0) is 13.0 Å². The highest BCUT2D eigenvalue weighted by atomic mass is 32.1. The van der Waals surface area contributed by atoms with Gasteiger partial charge in [0.15, 0.2) is 5.82 Å². The molecule has 0 spiro atoms. The van der Waals surface area contributed by atoms with Gasteiger partial charge >= 0.3 is 0 Å². The minimum atomic E-state index is 0.586. The van der Waals surface area contributed by atoms with Crippen LogP contribution in [0.4, 0.5) is 0 Å². The molecule has 1 heterocycles. The maximum Gasteiger partial charge on any atom is 0.214 e. The predicted octanol–water partition coefficient (Wildman–Crippen LogP) is 3.04. The quantitative estimate of drug-likeness (QED) is 0.770. The highest BCUT2D eigenvalue weighted by Gasteiger charge is 2.06. The van der Waals surface area contributed by atoms with E-state index in [2.05, 4.69) is 22.5 Å². The van der Waals surface area contributed by atoms with E-state index in [1.165, 1.54) is 0 Å². The van der Waals surface area contributed by atoms with Gasteiger partial charge in [0.2, 0.25) is 4.77 Å². The number of aryl methyl sites for hydroxylation is 1. The molecule has 108 valence electrons. The summed E-state index contributed by atoms with van der Waals surface area (Å²) >= 11 is 5.24. The van der Waals surface area contributed by atoms with Crippen molar-refractivity contribution in [2.45, 2.75) is 33.2 Å². The number of nitrogens with one attached hydrogen (secondary N) is 2. The van der Waals surface area contributed by atoms with E-state index in [0.717, 1.165) is 30.0 Å². The fourth-order valence-corrected chi connectivity index (χ4v) is 2.21. The smallest absolute Gasteiger partial charge is 0.214 e. The fourth-order valence-electron chi connectivity index (χ4n) is 1.99. The van der Waals surface area contributed by atoms with Crippen LogP contribution in [0.1, 0.15) is 31.7 Å². The van der Waals surface area contributed by atoms with Gasteiger partial charge in [0.1, 0.15) is 5.75 Å². The monoisotopic (exact) mass is 292 g/mol. The first-order valence-corrected chi connectivity index (χ1v) is 7.28. The lowest BCUT2D eigenvalue weighted by molar-refractivity contribution is 0.336. The number of ether oxygens (including phenoxy) is 1. The zero-order valence-electron chi connectivity index (χ0n) is 11.8. The number of benzene rings is 1. The van der Waals surface area contributed by atoms with Gasteiger partial charge < -0.3 is 10.2 Å². The van der Waals surface area contributed by atoms with Crippen molar-refractivity contribution in [2.75, 3.05) is 12.0 Å². The van der Waals surface area contributed by atoms with Crippen molar-refractivity contribution in [1.29, 1.82) is 0 Å². The molecule has 2 rings (SSSR count). The van der Waals surface area contributed by atoms with E-state index < -0.39 is 0 Å². The Balaban J connectivity index is 2.13. The summed E-state index contributed by atoms with van der Waals surface area (Å²) in [6.45, 7) is 5.39. The molecular formula is C14H20N4OS. The number of aromatic amines is 1. The Morgan fingerprint density at radius 1 is 1.35 bits per heavy atom. The molecular weight excluding hydrogens is 272 g/mol. The molecule has 0 fully saturated rings. The van der Waals surface area contributed by atoms with Crippen LogP contribution in [-0.4, -0.2) is 21.5 Å². The predicted molar refractivity (Wildman–Crippen MR) is 82.1 cm³/mol. The maximum atomic E-state index is 5.62. The van der Waals surface area contributed by atoms with E-state index in [0.29, 0.717) is 17.9 Å². The van der Waals surface area contributed by atoms with Crippen molar-refractivity contribution in [1.82, 2.24) is 14.9 Å². The number of rotatable bonds is 7. The zero-order chi connectivity index (χ0) is 14.4. The summed E-state index contributed by atoms with van der Waals surface area (Å²) in [5.41, 5.74) is 4.40. The van der Waals surface area contributed by atoms with E-state index in [1.54, 1.807) is 0 Å². The van der Waals surface area contributed by atoms with E-state index in [4.69, 9.17) is 17.0 Å². The molecule has 0 aliphatic carbocycles. The highest BCUT2D eigenvalue weighted by molar-refractivity contribution is 7.71. The van der Waals surface area contributed by atoms with Crippen LogP contribution in [0.5, 0.6) is 5.75 Å². The van der Waals surface area contributed by atoms with Crippen LogP contribution in [0.15, 0.2) is 24.3 Å². The minimum Gasteiger partial charge on any atom is -0.494 e. The third-order valence-electron chi connectivity index (χ3n) is 2.92. The molecule has 0 saturated carbocycles. The molecule has 0 saturated heterocycles. The van der Waals surface area contributed by atoms with Gasteiger partial charge in [-0.3, -0.25) is 5.10 Å². The summed E-state index contributed by atoms with van der Waals surface area (Å²) in [5, 5.41) is 7.05. The van der Waals surface area contributed by atoms with Gasteiger partial charge in [-0.25, -0.2) is 4.68 Å². The normalized spacial score (nSPS) is 10.5. The van der Waals surface area contributed by atoms with Crippen molar-refractivity contribution in [2.24, 2.45) is 0 Å². The Hall–Kier alpha value is -1.82. The van der Waals surface area contributed by atoms with Crippen molar-refractivity contribution >= 4 is 12.2 Å². The number of H-pyrrole nitrogens is 1. The number of para-hydroxylation sites is 1. The first kappa shape index (κ1) is 14.6. The van der Waals surface area contributed by atoms with Gasteiger partial charge in [0.05, 0.1) is 13.2 Å². The lowest BCUT2D eigenvalue weighted by Gasteiger charge is -2.13. The van der Waals surface area contributed by atoms with Crippen LogP contribution < -0.4 is 10.2 Å². The van der Waals surface area contributed by atoms with Crippen molar-refractivity contribution in [3.05, 3.63) is 40.4 Å². The number of hydrogen-bond acceptors (Lipinski definition) is 4. The summed E-state index contributed by atoms with van der Waals surface area (Å²) in [6.07, 6.45) is 1.91. The molecule has 5 nitrogen and oxygen atoms in total. The Labute approximate surface area is 123 Å². The summed E-state index contributed by atoms with van der Waals surface area (Å²) < 4.78 is 8.04. The van der Waals surface area contributed by atoms with E-state index in [-0.39, 0.29) is 0 Å². The molecule has 2 aromatic rings. The van der Waals surface area contributed by atoms with Gasteiger partial charge in [-0.05, 0) is 31.6 Å². The van der Waals surface area contributed by atoms with E-state index in [1.807, 2.05) is 35.9 Å². The standard InChI is InChI=1S/C14H20N4OS/c1-3-7-13-16-17-14(20)18(13)15-10-11-8-5-6-9-12(11)19-4-2/h5-6,8-9,15H,3-4,7,10H2,1-2H3,(H,17,20).